The quantitative estimate of drug-likeness (QED) is 0.554. The van der Waals surface area contributed by atoms with Gasteiger partial charge in [-0.25, -0.2) is 0 Å². The summed E-state index contributed by atoms with van der Waals surface area (Å²) in [5, 5.41) is 13.1. The maximum Gasteiger partial charge on any atom is 0.219 e. The summed E-state index contributed by atoms with van der Waals surface area (Å²) >= 11 is 0. The Bertz CT molecular complexity index is 553. The van der Waals surface area contributed by atoms with Gasteiger partial charge in [0.15, 0.2) is 0 Å². The zero-order chi connectivity index (χ0) is 18.1. The molecule has 2 atom stereocenters. The molecule has 0 radical (unpaired) electrons. The van der Waals surface area contributed by atoms with Crippen LogP contribution in [0.5, 0.6) is 0 Å². The molecule has 1 aliphatic heterocycles. The van der Waals surface area contributed by atoms with Crippen molar-refractivity contribution in [3.63, 3.8) is 0 Å². The van der Waals surface area contributed by atoms with Crippen molar-refractivity contribution in [1.82, 2.24) is 21.3 Å². The van der Waals surface area contributed by atoms with Crippen LogP contribution in [0.25, 0.3) is 0 Å². The average molecular weight is 345 g/mol. The fourth-order valence-electron chi connectivity index (χ4n) is 2.93. The molecule has 1 aliphatic rings. The number of rotatable bonds is 9. The topological polar surface area (TPSA) is 65.2 Å². The van der Waals surface area contributed by atoms with Crippen molar-refractivity contribution in [3.05, 3.63) is 47.7 Å². The van der Waals surface area contributed by atoms with Gasteiger partial charge in [-0.2, -0.15) is 0 Å². The monoisotopic (exact) mass is 344 g/mol. The molecule has 25 heavy (non-hydrogen) atoms. The highest BCUT2D eigenvalue weighted by Gasteiger charge is 2.15. The molecule has 0 aliphatic carbocycles. The first-order valence-electron chi connectivity index (χ1n) is 9.31. The number of carbonyl (C=O) groups is 1. The van der Waals surface area contributed by atoms with E-state index in [-0.39, 0.29) is 18.1 Å². The van der Waals surface area contributed by atoms with Crippen LogP contribution >= 0.6 is 0 Å². The summed E-state index contributed by atoms with van der Waals surface area (Å²) in [5.74, 6) is 0.986. The van der Waals surface area contributed by atoms with E-state index in [9.17, 15) is 4.79 Å². The predicted molar refractivity (Wildman–Crippen MR) is 103 cm³/mol. The third kappa shape index (κ3) is 6.88. The second-order valence-electron chi connectivity index (χ2n) is 7.01. The standard InChI is InChI=1S/C20H32N4O/c1-4-19(25)23-13-18(14-24-20-21-10-5-11-22-20)17-8-6-16(7-9-17)12-15(2)3/h5-10,15,18,20-22,24H,4,11-14H2,1-3H3,(H,23,25)/t18-,20-/m0/s1. The van der Waals surface area contributed by atoms with Crippen LogP contribution in [0.4, 0.5) is 0 Å². The van der Waals surface area contributed by atoms with Crippen LogP contribution in [-0.2, 0) is 11.2 Å². The van der Waals surface area contributed by atoms with Gasteiger partial charge in [0.05, 0.1) is 0 Å². The first-order chi connectivity index (χ1) is 12.1. The molecule has 1 aromatic carbocycles. The summed E-state index contributed by atoms with van der Waals surface area (Å²) in [4.78, 5) is 11.7. The van der Waals surface area contributed by atoms with Crippen molar-refractivity contribution in [2.24, 2.45) is 5.92 Å². The highest BCUT2D eigenvalue weighted by molar-refractivity contribution is 5.75. The molecule has 0 saturated heterocycles. The molecule has 138 valence electrons. The van der Waals surface area contributed by atoms with Gasteiger partial charge in [0.2, 0.25) is 5.91 Å². The summed E-state index contributed by atoms with van der Waals surface area (Å²) in [6, 6.07) is 8.82. The van der Waals surface area contributed by atoms with Gasteiger partial charge >= 0.3 is 0 Å². The van der Waals surface area contributed by atoms with Crippen LogP contribution < -0.4 is 21.3 Å². The van der Waals surface area contributed by atoms with Crippen molar-refractivity contribution in [3.8, 4) is 0 Å². The summed E-state index contributed by atoms with van der Waals surface area (Å²) < 4.78 is 0. The van der Waals surface area contributed by atoms with Gasteiger partial charge in [0.25, 0.3) is 0 Å². The Labute approximate surface area is 151 Å². The minimum Gasteiger partial charge on any atom is -0.364 e. The van der Waals surface area contributed by atoms with Gasteiger partial charge < -0.3 is 10.6 Å². The van der Waals surface area contributed by atoms with E-state index in [4.69, 9.17) is 0 Å². The lowest BCUT2D eigenvalue weighted by atomic mass is 9.95. The molecule has 0 aromatic heterocycles. The summed E-state index contributed by atoms with van der Waals surface area (Å²) in [6.45, 7) is 8.63. The maximum atomic E-state index is 11.7. The number of hydrogen-bond donors (Lipinski definition) is 4. The smallest absolute Gasteiger partial charge is 0.219 e. The molecule has 5 nitrogen and oxygen atoms in total. The summed E-state index contributed by atoms with van der Waals surface area (Å²) in [6.07, 6.45) is 5.68. The molecule has 0 bridgehead atoms. The van der Waals surface area contributed by atoms with E-state index in [0.717, 1.165) is 19.5 Å². The van der Waals surface area contributed by atoms with Crippen molar-refractivity contribution in [2.45, 2.75) is 45.8 Å². The SMILES string of the molecule is CCC(=O)NC[C@@H](CN[C@H]1NC=CCN1)c1ccc(CC(C)C)cc1. The van der Waals surface area contributed by atoms with E-state index in [1.54, 1.807) is 0 Å². The second kappa shape index (κ2) is 10.2. The molecule has 0 saturated carbocycles. The molecule has 2 rings (SSSR count). The summed E-state index contributed by atoms with van der Waals surface area (Å²) in [5.41, 5.74) is 2.62. The molecular weight excluding hydrogens is 312 g/mol. The van der Waals surface area contributed by atoms with Crippen molar-refractivity contribution >= 4 is 5.91 Å². The fourth-order valence-corrected chi connectivity index (χ4v) is 2.93. The van der Waals surface area contributed by atoms with E-state index < -0.39 is 0 Å². The third-order valence-electron chi connectivity index (χ3n) is 4.35. The first kappa shape index (κ1) is 19.5. The van der Waals surface area contributed by atoms with Gasteiger partial charge in [0.1, 0.15) is 6.29 Å². The highest BCUT2D eigenvalue weighted by Crippen LogP contribution is 2.17. The minimum atomic E-state index is 0.0644. The number of benzene rings is 1. The maximum absolute atomic E-state index is 11.7. The van der Waals surface area contributed by atoms with Gasteiger partial charge in [-0.3, -0.25) is 15.4 Å². The van der Waals surface area contributed by atoms with E-state index in [2.05, 4.69) is 59.4 Å². The number of carbonyl (C=O) groups excluding carboxylic acids is 1. The van der Waals surface area contributed by atoms with Crippen molar-refractivity contribution in [2.75, 3.05) is 19.6 Å². The molecule has 0 unspecified atom stereocenters. The molecular formula is C20H32N4O. The molecule has 5 heteroatoms. The normalized spacial score (nSPS) is 18.0. The molecule has 0 fully saturated rings. The number of hydrogen-bond acceptors (Lipinski definition) is 4. The van der Waals surface area contributed by atoms with Gasteiger partial charge in [-0.1, -0.05) is 51.1 Å². The zero-order valence-corrected chi connectivity index (χ0v) is 15.6. The van der Waals surface area contributed by atoms with Gasteiger partial charge in [-0.05, 0) is 29.7 Å². The van der Waals surface area contributed by atoms with Crippen molar-refractivity contribution < 1.29 is 4.79 Å². The van der Waals surface area contributed by atoms with E-state index >= 15 is 0 Å². The van der Waals surface area contributed by atoms with Crippen LogP contribution in [-0.4, -0.2) is 31.8 Å². The van der Waals surface area contributed by atoms with E-state index in [1.807, 2.05) is 19.2 Å². The largest absolute Gasteiger partial charge is 0.364 e. The lowest BCUT2D eigenvalue weighted by molar-refractivity contribution is -0.120. The van der Waals surface area contributed by atoms with Crippen LogP contribution in [0, 0.1) is 5.92 Å². The lowest BCUT2D eigenvalue weighted by Gasteiger charge is -2.26. The highest BCUT2D eigenvalue weighted by atomic mass is 16.1. The predicted octanol–water partition coefficient (Wildman–Crippen LogP) is 2.07. The Kier molecular flexibility index (Phi) is 7.95. The first-order valence-corrected chi connectivity index (χ1v) is 9.31. The van der Waals surface area contributed by atoms with E-state index in [0.29, 0.717) is 18.9 Å². The van der Waals surface area contributed by atoms with Crippen LogP contribution in [0.1, 0.15) is 44.2 Å². The molecule has 4 N–H and O–H groups in total. The zero-order valence-electron chi connectivity index (χ0n) is 15.6. The average Bonchev–Trinajstić information content (AvgIpc) is 2.63. The molecule has 1 aromatic rings. The fraction of sp³-hybridized carbons (Fsp3) is 0.550. The number of amides is 1. The van der Waals surface area contributed by atoms with Gasteiger partial charge in [0, 0.05) is 32.0 Å². The number of nitrogens with one attached hydrogen (secondary N) is 4. The Morgan fingerprint density at radius 3 is 2.60 bits per heavy atom. The molecule has 1 amide bonds. The summed E-state index contributed by atoms with van der Waals surface area (Å²) in [7, 11) is 0. The minimum absolute atomic E-state index is 0.0644. The second-order valence-corrected chi connectivity index (χ2v) is 7.01. The van der Waals surface area contributed by atoms with Crippen LogP contribution in [0.15, 0.2) is 36.5 Å². The van der Waals surface area contributed by atoms with Gasteiger partial charge in [-0.15, -0.1) is 0 Å². The molecule has 0 spiro atoms. The Balaban J connectivity index is 1.98. The Morgan fingerprint density at radius 1 is 1.24 bits per heavy atom. The molecule has 1 heterocycles. The Hall–Kier alpha value is -1.85. The lowest BCUT2D eigenvalue weighted by Crippen LogP contribution is -2.54. The third-order valence-corrected chi connectivity index (χ3v) is 4.35. The van der Waals surface area contributed by atoms with Crippen LogP contribution in [0.2, 0.25) is 0 Å². The van der Waals surface area contributed by atoms with Crippen LogP contribution in [0.3, 0.4) is 0 Å². The van der Waals surface area contributed by atoms with Crippen molar-refractivity contribution in [1.29, 1.82) is 0 Å². The Morgan fingerprint density at radius 2 is 2.00 bits per heavy atom. The van der Waals surface area contributed by atoms with E-state index in [1.165, 1.54) is 11.1 Å².